The first kappa shape index (κ1) is 28.9. The Morgan fingerprint density at radius 1 is 0.771 bits per heavy atom. The highest BCUT2D eigenvalue weighted by Gasteiger charge is 2.24. The lowest BCUT2D eigenvalue weighted by atomic mass is 10.0. The first-order chi connectivity index (χ1) is 16.9. The summed E-state index contributed by atoms with van der Waals surface area (Å²) in [4.78, 5) is 12.6. The number of ether oxygens (including phenoxy) is 2. The molecule has 0 fully saturated rings. The number of likely N-dealkylation sites (N-methyl/N-ethyl adjacent to an activating group) is 1. The van der Waals surface area contributed by atoms with Gasteiger partial charge >= 0.3 is 5.97 Å². The van der Waals surface area contributed by atoms with Gasteiger partial charge in [0, 0.05) is 12.0 Å². The van der Waals surface area contributed by atoms with Gasteiger partial charge in [-0.1, -0.05) is 108 Å². The number of rotatable bonds is 18. The molecular weight excluding hydrogens is 434 g/mol. The van der Waals surface area contributed by atoms with E-state index in [-0.39, 0.29) is 5.97 Å². The maximum absolute atomic E-state index is 12.6. The van der Waals surface area contributed by atoms with Crippen molar-refractivity contribution >= 4 is 5.97 Å². The maximum Gasteiger partial charge on any atom is 0.364 e. The molecular formula is C31H48NO3+. The van der Waals surface area contributed by atoms with Crippen molar-refractivity contribution in [2.45, 2.75) is 97.3 Å². The summed E-state index contributed by atoms with van der Waals surface area (Å²) in [5.41, 5.74) is 2.54. The molecule has 0 aliphatic carbocycles. The van der Waals surface area contributed by atoms with E-state index >= 15 is 0 Å². The molecule has 1 unspecified atom stereocenters. The smallest absolute Gasteiger partial charge is 0.364 e. The zero-order valence-corrected chi connectivity index (χ0v) is 22.6. The van der Waals surface area contributed by atoms with Crippen LogP contribution in [0.3, 0.4) is 0 Å². The number of carbonyl (C=O) groups is 1. The third-order valence-electron chi connectivity index (χ3n) is 6.37. The number of hydrogen-bond acceptors (Lipinski definition) is 3. The Morgan fingerprint density at radius 3 is 1.97 bits per heavy atom. The molecule has 35 heavy (non-hydrogen) atoms. The zero-order valence-electron chi connectivity index (χ0n) is 22.6. The molecule has 0 aliphatic rings. The molecule has 0 spiro atoms. The van der Waals surface area contributed by atoms with Gasteiger partial charge in [0.05, 0.1) is 14.1 Å². The second-order valence-electron chi connectivity index (χ2n) is 10.4. The molecule has 2 rings (SSSR count). The summed E-state index contributed by atoms with van der Waals surface area (Å²) in [6.45, 7) is 5.31. The summed E-state index contributed by atoms with van der Waals surface area (Å²) >= 11 is 0. The van der Waals surface area contributed by atoms with Crippen molar-refractivity contribution in [3.8, 4) is 5.75 Å². The summed E-state index contributed by atoms with van der Waals surface area (Å²) in [7, 11) is 4.09. The molecule has 0 saturated heterocycles. The van der Waals surface area contributed by atoms with E-state index in [0.29, 0.717) is 17.4 Å². The van der Waals surface area contributed by atoms with Crippen LogP contribution in [0, 0.1) is 0 Å². The van der Waals surface area contributed by atoms with Crippen molar-refractivity contribution in [1.29, 1.82) is 0 Å². The number of aryl methyl sites for hydroxylation is 1. The van der Waals surface area contributed by atoms with Gasteiger partial charge in [0.15, 0.2) is 6.54 Å². The second kappa shape index (κ2) is 16.4. The van der Waals surface area contributed by atoms with E-state index in [0.717, 1.165) is 18.7 Å². The van der Waals surface area contributed by atoms with E-state index in [9.17, 15) is 4.79 Å². The van der Waals surface area contributed by atoms with Crippen LogP contribution >= 0.6 is 0 Å². The van der Waals surface area contributed by atoms with E-state index in [1.807, 2.05) is 51.4 Å². The van der Waals surface area contributed by atoms with Crippen molar-refractivity contribution in [3.05, 3.63) is 65.7 Å². The van der Waals surface area contributed by atoms with Crippen molar-refractivity contribution in [1.82, 2.24) is 0 Å². The van der Waals surface area contributed by atoms with Gasteiger partial charge in [0.2, 0.25) is 6.29 Å². The van der Waals surface area contributed by atoms with Crippen molar-refractivity contribution < 1.29 is 18.8 Å². The number of benzene rings is 2. The second-order valence-corrected chi connectivity index (χ2v) is 10.4. The molecule has 0 amide bonds. The van der Waals surface area contributed by atoms with Gasteiger partial charge in [0.1, 0.15) is 12.3 Å². The predicted octanol–water partition coefficient (Wildman–Crippen LogP) is 7.69. The monoisotopic (exact) mass is 482 g/mol. The van der Waals surface area contributed by atoms with Crippen LogP contribution in [0.2, 0.25) is 0 Å². The van der Waals surface area contributed by atoms with Gasteiger partial charge < -0.3 is 14.0 Å². The van der Waals surface area contributed by atoms with Crippen molar-refractivity contribution in [2.75, 3.05) is 20.6 Å². The molecule has 1 atom stereocenters. The lowest BCUT2D eigenvalue weighted by Gasteiger charge is -2.29. The summed E-state index contributed by atoms with van der Waals surface area (Å²) in [6, 6.07) is 18.5. The van der Waals surface area contributed by atoms with E-state index in [2.05, 4.69) is 31.2 Å². The topological polar surface area (TPSA) is 35.5 Å². The first-order valence-corrected chi connectivity index (χ1v) is 13.7. The molecule has 0 heterocycles. The van der Waals surface area contributed by atoms with Gasteiger partial charge in [-0.3, -0.25) is 0 Å². The molecule has 194 valence electrons. The number of esters is 1. The molecule has 2 aromatic carbocycles. The van der Waals surface area contributed by atoms with Crippen LogP contribution in [0.15, 0.2) is 54.6 Å². The highest BCUT2D eigenvalue weighted by molar-refractivity contribution is 5.70. The minimum Gasteiger partial charge on any atom is -0.455 e. The number of hydrogen-bond donors (Lipinski definition) is 0. The summed E-state index contributed by atoms with van der Waals surface area (Å²) in [5.74, 6) is 0.512. The molecule has 4 nitrogen and oxygen atoms in total. The standard InChI is InChI=1S/C31H48NO3/c1-5-7-8-9-10-11-12-13-15-18-27-21-23-29(24-22-27)34-31(6-2)35-30(33)26-32(3,4)25-28-19-16-14-17-20-28/h14,16-17,19-24,31H,5-13,15,18,25-26H2,1-4H3/q+1. The van der Waals surface area contributed by atoms with Crippen LogP contribution in [0.5, 0.6) is 5.75 Å². The largest absolute Gasteiger partial charge is 0.455 e. The van der Waals surface area contributed by atoms with Gasteiger partial charge in [-0.2, -0.15) is 0 Å². The number of unbranched alkanes of at least 4 members (excludes halogenated alkanes) is 8. The molecule has 0 radical (unpaired) electrons. The van der Waals surface area contributed by atoms with Gasteiger partial charge in [-0.15, -0.1) is 0 Å². The predicted molar refractivity (Wildman–Crippen MR) is 145 cm³/mol. The third kappa shape index (κ3) is 12.8. The molecule has 0 saturated carbocycles. The summed E-state index contributed by atoms with van der Waals surface area (Å²) in [6.07, 6.45) is 13.3. The van der Waals surface area contributed by atoms with Crippen LogP contribution in [0.4, 0.5) is 0 Å². The Balaban J connectivity index is 1.68. The van der Waals surface area contributed by atoms with Crippen molar-refractivity contribution in [2.24, 2.45) is 0 Å². The number of carbonyl (C=O) groups excluding carboxylic acids is 1. The fraction of sp³-hybridized carbons (Fsp3) is 0.581. The Labute approximate surface area is 214 Å². The molecule has 2 aromatic rings. The molecule has 4 heteroatoms. The normalized spacial score (nSPS) is 12.3. The zero-order chi connectivity index (χ0) is 25.4. The van der Waals surface area contributed by atoms with E-state index in [1.165, 1.54) is 68.9 Å². The highest BCUT2D eigenvalue weighted by atomic mass is 16.7. The summed E-state index contributed by atoms with van der Waals surface area (Å²) < 4.78 is 12.2. The van der Waals surface area contributed by atoms with E-state index in [1.54, 1.807) is 0 Å². The Morgan fingerprint density at radius 2 is 1.37 bits per heavy atom. The van der Waals surface area contributed by atoms with Crippen LogP contribution < -0.4 is 4.74 Å². The lowest BCUT2D eigenvalue weighted by molar-refractivity contribution is -0.896. The average Bonchev–Trinajstić information content (AvgIpc) is 2.83. The fourth-order valence-corrected chi connectivity index (χ4v) is 4.38. The molecule has 0 N–H and O–H groups in total. The van der Waals surface area contributed by atoms with Gasteiger partial charge in [-0.05, 0) is 30.5 Å². The minimum absolute atomic E-state index is 0.236. The van der Waals surface area contributed by atoms with Crippen molar-refractivity contribution in [3.63, 3.8) is 0 Å². The number of nitrogens with zero attached hydrogens (tertiary/aromatic N) is 1. The van der Waals surface area contributed by atoms with Crippen LogP contribution in [-0.2, 0) is 22.5 Å². The third-order valence-corrected chi connectivity index (χ3v) is 6.37. The quantitative estimate of drug-likeness (QED) is 0.0945. The fourth-order valence-electron chi connectivity index (χ4n) is 4.38. The van der Waals surface area contributed by atoms with E-state index in [4.69, 9.17) is 9.47 Å². The van der Waals surface area contributed by atoms with Crippen LogP contribution in [0.1, 0.15) is 89.2 Å². The Hall–Kier alpha value is -2.33. The molecule has 0 aliphatic heterocycles. The maximum atomic E-state index is 12.6. The minimum atomic E-state index is -0.567. The average molecular weight is 483 g/mol. The van der Waals surface area contributed by atoms with Crippen LogP contribution in [-0.4, -0.2) is 37.4 Å². The van der Waals surface area contributed by atoms with E-state index < -0.39 is 6.29 Å². The Bertz CT molecular complexity index is 817. The van der Waals surface area contributed by atoms with Gasteiger partial charge in [-0.25, -0.2) is 4.79 Å². The molecule has 0 bridgehead atoms. The SMILES string of the molecule is CCCCCCCCCCCc1ccc(OC(CC)OC(=O)C[N+](C)(C)Cc2ccccc2)cc1. The molecule has 0 aromatic heterocycles. The first-order valence-electron chi connectivity index (χ1n) is 13.7. The Kier molecular flexibility index (Phi) is 13.5. The number of quaternary nitrogens is 1. The lowest BCUT2D eigenvalue weighted by Crippen LogP contribution is -2.44. The van der Waals surface area contributed by atoms with Gasteiger partial charge in [0.25, 0.3) is 0 Å². The van der Waals surface area contributed by atoms with Crippen LogP contribution in [0.25, 0.3) is 0 Å². The summed E-state index contributed by atoms with van der Waals surface area (Å²) in [5, 5.41) is 0. The highest BCUT2D eigenvalue weighted by Crippen LogP contribution is 2.18.